The van der Waals surface area contributed by atoms with Crippen molar-refractivity contribution in [3.05, 3.63) is 27.8 Å². The number of carbonyl (C=O) groups is 1. The predicted molar refractivity (Wildman–Crippen MR) is 75.9 cm³/mol. The first-order valence-corrected chi connectivity index (χ1v) is 6.86. The molecule has 0 unspecified atom stereocenters. The summed E-state index contributed by atoms with van der Waals surface area (Å²) < 4.78 is 0. The zero-order chi connectivity index (χ0) is 14.3. The largest absolute Gasteiger partial charge is 0.374 e. The van der Waals surface area contributed by atoms with Crippen LogP contribution in [0.15, 0.2) is 12.1 Å². The molecular weight excluding hydrogens is 258 g/mol. The van der Waals surface area contributed by atoms with Gasteiger partial charge in [-0.05, 0) is 44.2 Å². The number of aryl methyl sites for hydroxylation is 1. The Hall–Kier alpha value is -2.11. The molecule has 0 radical (unpaired) electrons. The standard InChI is InChI=1S/C14H17N3O3/c1-14(5-2-6-14)16-11-8-10-9(3-4-13(18)15-10)7-12(11)17(19)20/h7-8,16H,2-6H2,1H3,(H,15,18). The zero-order valence-corrected chi connectivity index (χ0v) is 11.4. The van der Waals surface area contributed by atoms with Crippen molar-refractivity contribution in [1.82, 2.24) is 0 Å². The van der Waals surface area contributed by atoms with Gasteiger partial charge in [-0.1, -0.05) is 0 Å². The summed E-state index contributed by atoms with van der Waals surface area (Å²) in [6.45, 7) is 2.07. The lowest BCUT2D eigenvalue weighted by Crippen LogP contribution is -2.41. The Morgan fingerprint density at radius 1 is 1.35 bits per heavy atom. The third-order valence-electron chi connectivity index (χ3n) is 4.21. The van der Waals surface area contributed by atoms with Gasteiger partial charge in [-0.3, -0.25) is 14.9 Å². The van der Waals surface area contributed by atoms with E-state index in [-0.39, 0.29) is 22.1 Å². The van der Waals surface area contributed by atoms with Gasteiger partial charge in [0.15, 0.2) is 0 Å². The van der Waals surface area contributed by atoms with E-state index < -0.39 is 0 Å². The van der Waals surface area contributed by atoms with E-state index in [1.807, 2.05) is 0 Å². The molecule has 0 spiro atoms. The van der Waals surface area contributed by atoms with Crippen LogP contribution in [0, 0.1) is 10.1 Å². The van der Waals surface area contributed by atoms with E-state index in [2.05, 4.69) is 17.6 Å². The van der Waals surface area contributed by atoms with Crippen LogP contribution in [0.3, 0.4) is 0 Å². The number of hydrogen-bond acceptors (Lipinski definition) is 4. The molecule has 3 rings (SSSR count). The van der Waals surface area contributed by atoms with Gasteiger partial charge in [0.25, 0.3) is 5.69 Å². The predicted octanol–water partition coefficient (Wildman–Crippen LogP) is 2.83. The Morgan fingerprint density at radius 3 is 2.70 bits per heavy atom. The molecule has 6 nitrogen and oxygen atoms in total. The first kappa shape index (κ1) is 12.9. The van der Waals surface area contributed by atoms with E-state index in [0.717, 1.165) is 24.8 Å². The summed E-state index contributed by atoms with van der Waals surface area (Å²) in [5.41, 5.74) is 2.04. The average Bonchev–Trinajstić information content (AvgIpc) is 2.35. The molecule has 106 valence electrons. The van der Waals surface area contributed by atoms with Gasteiger partial charge in [-0.25, -0.2) is 0 Å². The Balaban J connectivity index is 2.00. The highest BCUT2D eigenvalue weighted by molar-refractivity contribution is 5.95. The van der Waals surface area contributed by atoms with Gasteiger partial charge in [0, 0.05) is 23.7 Å². The van der Waals surface area contributed by atoms with Crippen LogP contribution in [0.5, 0.6) is 0 Å². The second kappa shape index (κ2) is 4.47. The Kier molecular flexibility index (Phi) is 2.88. The second-order valence-corrected chi connectivity index (χ2v) is 5.87. The summed E-state index contributed by atoms with van der Waals surface area (Å²) in [5, 5.41) is 17.3. The number of rotatable bonds is 3. The maximum absolute atomic E-state index is 11.4. The minimum atomic E-state index is -0.360. The van der Waals surface area contributed by atoms with Gasteiger partial charge >= 0.3 is 0 Å². The molecule has 1 amide bonds. The quantitative estimate of drug-likeness (QED) is 0.656. The Bertz CT molecular complexity index is 594. The van der Waals surface area contributed by atoms with Crippen molar-refractivity contribution in [3.63, 3.8) is 0 Å². The van der Waals surface area contributed by atoms with Crippen LogP contribution in [0.1, 0.15) is 38.2 Å². The number of fused-ring (bicyclic) bond motifs is 1. The molecular formula is C14H17N3O3. The fourth-order valence-corrected chi connectivity index (χ4v) is 2.82. The van der Waals surface area contributed by atoms with E-state index in [1.54, 1.807) is 12.1 Å². The van der Waals surface area contributed by atoms with Gasteiger partial charge in [0.1, 0.15) is 5.69 Å². The molecule has 6 heteroatoms. The number of nitrogens with one attached hydrogen (secondary N) is 2. The van der Waals surface area contributed by atoms with E-state index in [1.165, 1.54) is 0 Å². The van der Waals surface area contributed by atoms with E-state index >= 15 is 0 Å². The number of nitro groups is 1. The molecule has 20 heavy (non-hydrogen) atoms. The third-order valence-corrected chi connectivity index (χ3v) is 4.21. The maximum Gasteiger partial charge on any atom is 0.292 e. The van der Waals surface area contributed by atoms with Crippen molar-refractivity contribution in [2.45, 2.75) is 44.6 Å². The molecule has 1 saturated carbocycles. The number of nitrogens with zero attached hydrogens (tertiary/aromatic N) is 1. The van der Waals surface area contributed by atoms with Crippen LogP contribution < -0.4 is 10.6 Å². The summed E-state index contributed by atoms with van der Waals surface area (Å²) in [5.74, 6) is -0.0350. The topological polar surface area (TPSA) is 84.3 Å². The van der Waals surface area contributed by atoms with Crippen LogP contribution in [-0.2, 0) is 11.2 Å². The lowest BCUT2D eigenvalue weighted by Gasteiger charge is -2.40. The van der Waals surface area contributed by atoms with Crippen molar-refractivity contribution >= 4 is 23.0 Å². The van der Waals surface area contributed by atoms with Crippen LogP contribution in [0.4, 0.5) is 17.1 Å². The normalized spacial score (nSPS) is 19.6. The number of hydrogen-bond donors (Lipinski definition) is 2. The third kappa shape index (κ3) is 2.21. The highest BCUT2D eigenvalue weighted by Crippen LogP contribution is 2.40. The van der Waals surface area contributed by atoms with Crippen molar-refractivity contribution in [1.29, 1.82) is 0 Å². The molecule has 0 atom stereocenters. The minimum absolute atomic E-state index is 0.0350. The van der Waals surface area contributed by atoms with Crippen molar-refractivity contribution in [2.75, 3.05) is 10.6 Å². The van der Waals surface area contributed by atoms with Crippen molar-refractivity contribution in [3.8, 4) is 0 Å². The van der Waals surface area contributed by atoms with Crippen LogP contribution in [0.2, 0.25) is 0 Å². The van der Waals surface area contributed by atoms with Gasteiger partial charge < -0.3 is 10.6 Å². The van der Waals surface area contributed by atoms with Gasteiger partial charge in [-0.2, -0.15) is 0 Å². The summed E-state index contributed by atoms with van der Waals surface area (Å²) in [6.07, 6.45) is 4.09. The highest BCUT2D eigenvalue weighted by atomic mass is 16.6. The molecule has 0 aromatic heterocycles. The highest BCUT2D eigenvalue weighted by Gasteiger charge is 2.34. The molecule has 1 heterocycles. The number of amides is 1. The zero-order valence-electron chi connectivity index (χ0n) is 11.4. The van der Waals surface area contributed by atoms with Crippen LogP contribution >= 0.6 is 0 Å². The van der Waals surface area contributed by atoms with E-state index in [0.29, 0.717) is 24.2 Å². The van der Waals surface area contributed by atoms with Crippen LogP contribution in [0.25, 0.3) is 0 Å². The van der Waals surface area contributed by atoms with E-state index in [9.17, 15) is 14.9 Å². The van der Waals surface area contributed by atoms with Gasteiger partial charge in [0.05, 0.1) is 4.92 Å². The number of benzene rings is 1. The minimum Gasteiger partial charge on any atom is -0.374 e. The molecule has 1 aromatic rings. The molecule has 0 saturated heterocycles. The Morgan fingerprint density at radius 2 is 2.10 bits per heavy atom. The first-order chi connectivity index (χ1) is 9.47. The molecule has 1 aliphatic heterocycles. The Labute approximate surface area is 116 Å². The summed E-state index contributed by atoms with van der Waals surface area (Å²) in [4.78, 5) is 22.3. The van der Waals surface area contributed by atoms with Crippen molar-refractivity contribution < 1.29 is 9.72 Å². The number of nitro benzene ring substituents is 1. The lowest BCUT2D eigenvalue weighted by atomic mass is 9.78. The molecule has 1 aromatic carbocycles. The molecule has 1 fully saturated rings. The fourth-order valence-electron chi connectivity index (χ4n) is 2.82. The van der Waals surface area contributed by atoms with Gasteiger partial charge in [0.2, 0.25) is 5.91 Å². The summed E-state index contributed by atoms with van der Waals surface area (Å²) in [7, 11) is 0. The lowest BCUT2D eigenvalue weighted by molar-refractivity contribution is -0.384. The molecule has 0 bridgehead atoms. The monoisotopic (exact) mass is 275 g/mol. The smallest absolute Gasteiger partial charge is 0.292 e. The van der Waals surface area contributed by atoms with E-state index in [4.69, 9.17) is 0 Å². The van der Waals surface area contributed by atoms with Gasteiger partial charge in [-0.15, -0.1) is 0 Å². The summed E-state index contributed by atoms with van der Waals surface area (Å²) in [6, 6.07) is 3.28. The SMILES string of the molecule is CC1(Nc2cc3c(cc2[N+](=O)[O-])CCC(=O)N3)CCC1. The molecule has 2 N–H and O–H groups in total. The summed E-state index contributed by atoms with van der Waals surface area (Å²) >= 11 is 0. The number of anilines is 2. The molecule has 1 aliphatic carbocycles. The second-order valence-electron chi connectivity index (χ2n) is 5.87. The average molecular weight is 275 g/mol. The number of carbonyl (C=O) groups excluding carboxylic acids is 1. The first-order valence-electron chi connectivity index (χ1n) is 6.86. The maximum atomic E-state index is 11.4. The van der Waals surface area contributed by atoms with Crippen molar-refractivity contribution in [2.24, 2.45) is 0 Å². The van der Waals surface area contributed by atoms with Crippen LogP contribution in [-0.4, -0.2) is 16.4 Å². The molecule has 2 aliphatic rings. The fraction of sp³-hybridized carbons (Fsp3) is 0.500.